The van der Waals surface area contributed by atoms with Crippen LogP contribution in [0, 0.1) is 17.8 Å². The molecule has 0 saturated heterocycles. The van der Waals surface area contributed by atoms with Crippen LogP contribution in [0.4, 0.5) is 0 Å². The van der Waals surface area contributed by atoms with Gasteiger partial charge in [-0.15, -0.1) is 0 Å². The Morgan fingerprint density at radius 1 is 0.950 bits per heavy atom. The molecule has 2 atom stereocenters. The average Bonchev–Trinajstić information content (AvgIpc) is 2.38. The van der Waals surface area contributed by atoms with Gasteiger partial charge in [-0.3, -0.25) is 9.59 Å². The average molecular weight is 286 g/mol. The van der Waals surface area contributed by atoms with E-state index in [1.54, 1.807) is 13.8 Å². The molecular weight excluding hydrogens is 256 g/mol. The van der Waals surface area contributed by atoms with Crippen LogP contribution in [0.15, 0.2) is 0 Å². The first kappa shape index (κ1) is 18.9. The fourth-order valence-corrected chi connectivity index (χ4v) is 2.33. The van der Waals surface area contributed by atoms with Crippen molar-refractivity contribution in [2.24, 2.45) is 17.8 Å². The van der Waals surface area contributed by atoms with Crippen molar-refractivity contribution in [3.05, 3.63) is 0 Å². The van der Waals surface area contributed by atoms with Gasteiger partial charge in [0.2, 0.25) is 0 Å². The molecule has 0 heterocycles. The first-order valence-electron chi connectivity index (χ1n) is 7.78. The van der Waals surface area contributed by atoms with Gasteiger partial charge in [-0.2, -0.15) is 0 Å². The lowest BCUT2D eigenvalue weighted by Gasteiger charge is -2.24. The number of hydrogen-bond acceptors (Lipinski definition) is 4. The minimum absolute atomic E-state index is 0.128. The Morgan fingerprint density at radius 3 is 2.00 bits per heavy atom. The number of carbonyl (C=O) groups is 2. The molecule has 0 aliphatic heterocycles. The third-order valence-electron chi connectivity index (χ3n) is 3.49. The summed E-state index contributed by atoms with van der Waals surface area (Å²) < 4.78 is 10.1. The predicted octanol–water partition coefficient (Wildman–Crippen LogP) is 3.58. The smallest absolute Gasteiger partial charge is 0.309 e. The highest BCUT2D eigenvalue weighted by atomic mass is 16.5. The molecule has 0 saturated carbocycles. The molecule has 4 nitrogen and oxygen atoms in total. The number of hydrogen-bond donors (Lipinski definition) is 0. The number of esters is 2. The molecule has 0 fully saturated rings. The molecule has 0 rings (SSSR count). The van der Waals surface area contributed by atoms with Gasteiger partial charge in [-0.1, -0.05) is 33.6 Å². The molecular formula is C16H30O4. The van der Waals surface area contributed by atoms with Crippen LogP contribution >= 0.6 is 0 Å². The lowest BCUT2D eigenvalue weighted by molar-refractivity contribution is -0.157. The van der Waals surface area contributed by atoms with Crippen molar-refractivity contribution in [1.29, 1.82) is 0 Å². The maximum atomic E-state index is 12.1. The van der Waals surface area contributed by atoms with Crippen LogP contribution in [0.5, 0.6) is 0 Å². The Hall–Kier alpha value is -1.06. The predicted molar refractivity (Wildman–Crippen MR) is 79.2 cm³/mol. The van der Waals surface area contributed by atoms with E-state index in [2.05, 4.69) is 20.8 Å². The third-order valence-corrected chi connectivity index (χ3v) is 3.49. The molecule has 20 heavy (non-hydrogen) atoms. The van der Waals surface area contributed by atoms with Crippen LogP contribution in [-0.2, 0) is 19.1 Å². The van der Waals surface area contributed by atoms with Gasteiger partial charge >= 0.3 is 11.9 Å². The summed E-state index contributed by atoms with van der Waals surface area (Å²) in [6.45, 7) is 10.6. The maximum absolute atomic E-state index is 12.1. The van der Waals surface area contributed by atoms with Crippen molar-refractivity contribution in [1.82, 2.24) is 0 Å². The van der Waals surface area contributed by atoms with E-state index in [0.717, 1.165) is 19.3 Å². The molecule has 4 heteroatoms. The Morgan fingerprint density at radius 2 is 1.55 bits per heavy atom. The second-order valence-electron chi connectivity index (χ2n) is 5.51. The summed E-state index contributed by atoms with van der Waals surface area (Å²) in [5.74, 6) is -0.183. The van der Waals surface area contributed by atoms with E-state index in [4.69, 9.17) is 9.47 Å². The third kappa shape index (κ3) is 7.51. The van der Waals surface area contributed by atoms with E-state index < -0.39 is 0 Å². The highest BCUT2D eigenvalue weighted by Crippen LogP contribution is 2.27. The van der Waals surface area contributed by atoms with Crippen LogP contribution in [-0.4, -0.2) is 25.2 Å². The second-order valence-corrected chi connectivity index (χ2v) is 5.51. The molecule has 0 amide bonds. The van der Waals surface area contributed by atoms with Gasteiger partial charge < -0.3 is 9.47 Å². The van der Waals surface area contributed by atoms with Gasteiger partial charge in [0, 0.05) is 0 Å². The summed E-state index contributed by atoms with van der Waals surface area (Å²) in [5, 5.41) is 0. The monoisotopic (exact) mass is 286 g/mol. The van der Waals surface area contributed by atoms with Crippen molar-refractivity contribution in [2.75, 3.05) is 13.2 Å². The van der Waals surface area contributed by atoms with Gasteiger partial charge in [0.15, 0.2) is 0 Å². The minimum atomic E-state index is -0.377. The zero-order valence-electron chi connectivity index (χ0n) is 13.6. The van der Waals surface area contributed by atoms with Gasteiger partial charge in [-0.25, -0.2) is 0 Å². The summed E-state index contributed by atoms with van der Waals surface area (Å²) >= 11 is 0. The summed E-state index contributed by atoms with van der Waals surface area (Å²) in [6.07, 6.45) is 2.99. The topological polar surface area (TPSA) is 52.6 Å². The van der Waals surface area contributed by atoms with Crippen LogP contribution in [0.25, 0.3) is 0 Å². The van der Waals surface area contributed by atoms with Crippen LogP contribution < -0.4 is 0 Å². The normalized spacial score (nSPS) is 13.9. The summed E-state index contributed by atoms with van der Waals surface area (Å²) in [7, 11) is 0. The van der Waals surface area contributed by atoms with E-state index in [9.17, 15) is 9.59 Å². The molecule has 0 N–H and O–H groups in total. The Kier molecular flexibility index (Phi) is 10.1. The van der Waals surface area contributed by atoms with Crippen LogP contribution in [0.3, 0.4) is 0 Å². The lowest BCUT2D eigenvalue weighted by atomic mass is 9.82. The zero-order valence-corrected chi connectivity index (χ0v) is 13.6. The molecule has 0 bridgehead atoms. The molecule has 0 aromatic heterocycles. The highest BCUT2D eigenvalue weighted by Gasteiger charge is 2.31. The number of rotatable bonds is 10. The number of carbonyl (C=O) groups excluding carboxylic acids is 2. The van der Waals surface area contributed by atoms with Gasteiger partial charge in [0.1, 0.15) is 0 Å². The summed E-state index contributed by atoms with van der Waals surface area (Å²) in [5.41, 5.74) is 0. The van der Waals surface area contributed by atoms with Crippen molar-refractivity contribution in [3.8, 4) is 0 Å². The molecule has 2 unspecified atom stereocenters. The molecule has 118 valence electrons. The van der Waals surface area contributed by atoms with Crippen molar-refractivity contribution in [2.45, 2.75) is 60.3 Å². The highest BCUT2D eigenvalue weighted by molar-refractivity contribution is 5.80. The number of ether oxygens (including phenoxy) is 2. The van der Waals surface area contributed by atoms with E-state index in [1.165, 1.54) is 0 Å². The summed E-state index contributed by atoms with van der Waals surface area (Å²) in [6, 6.07) is 0. The quantitative estimate of drug-likeness (QED) is 0.576. The fraction of sp³-hybridized carbons (Fsp3) is 0.875. The molecule has 0 radical (unpaired) electrons. The molecule has 0 aromatic rings. The second kappa shape index (κ2) is 10.7. The van der Waals surface area contributed by atoms with Gasteiger partial charge in [0.25, 0.3) is 0 Å². The van der Waals surface area contributed by atoms with Crippen molar-refractivity contribution >= 4 is 11.9 Å². The Labute approximate surface area is 123 Å². The zero-order chi connectivity index (χ0) is 15.5. The van der Waals surface area contributed by atoms with E-state index in [0.29, 0.717) is 19.1 Å². The maximum Gasteiger partial charge on any atom is 0.309 e. The van der Waals surface area contributed by atoms with Crippen LogP contribution in [0.1, 0.15) is 60.3 Å². The standard InChI is InChI=1S/C16H30O4/c1-6-13(10-9-12(4)5)14(16(18)20-8-3)11-15(17)19-7-2/h12-14H,6-11H2,1-5H3. The van der Waals surface area contributed by atoms with Gasteiger partial charge in [0.05, 0.1) is 25.6 Å². The molecule has 0 aromatic carbocycles. The first-order chi connectivity index (χ1) is 9.46. The van der Waals surface area contributed by atoms with E-state index in [-0.39, 0.29) is 30.2 Å². The molecule has 0 aliphatic rings. The Balaban J connectivity index is 4.76. The fourth-order valence-electron chi connectivity index (χ4n) is 2.33. The van der Waals surface area contributed by atoms with Crippen LogP contribution in [0.2, 0.25) is 0 Å². The van der Waals surface area contributed by atoms with E-state index >= 15 is 0 Å². The lowest BCUT2D eigenvalue weighted by Crippen LogP contribution is -2.29. The molecule has 0 aliphatic carbocycles. The van der Waals surface area contributed by atoms with E-state index in [1.807, 2.05) is 0 Å². The minimum Gasteiger partial charge on any atom is -0.466 e. The SMILES string of the molecule is CCOC(=O)CC(C(=O)OCC)C(CC)CCC(C)C. The van der Waals surface area contributed by atoms with Crippen molar-refractivity contribution < 1.29 is 19.1 Å². The Bertz CT molecular complexity index is 286. The summed E-state index contributed by atoms with van der Waals surface area (Å²) in [4.78, 5) is 23.8. The molecule has 0 spiro atoms. The first-order valence-corrected chi connectivity index (χ1v) is 7.78. The van der Waals surface area contributed by atoms with Gasteiger partial charge in [-0.05, 0) is 32.1 Å². The largest absolute Gasteiger partial charge is 0.466 e. The van der Waals surface area contributed by atoms with Crippen molar-refractivity contribution in [3.63, 3.8) is 0 Å².